The molecule has 0 atom stereocenters. The summed E-state index contributed by atoms with van der Waals surface area (Å²) in [6, 6.07) is 20.1. The van der Waals surface area contributed by atoms with Crippen LogP contribution < -0.4 is 14.2 Å². The number of nitrogens with zero attached hydrogens (tertiary/aromatic N) is 3. The van der Waals surface area contributed by atoms with Crippen molar-refractivity contribution >= 4 is 11.8 Å². The predicted octanol–water partition coefficient (Wildman–Crippen LogP) is 5.39. The molecular formula is C24H22FN3O3S. The van der Waals surface area contributed by atoms with Gasteiger partial charge in [-0.05, 0) is 29.8 Å². The lowest BCUT2D eigenvalue weighted by atomic mass is 10.1. The number of rotatable bonds is 8. The van der Waals surface area contributed by atoms with Crippen LogP contribution in [0.3, 0.4) is 0 Å². The van der Waals surface area contributed by atoms with Crippen LogP contribution in [0.15, 0.2) is 71.9 Å². The van der Waals surface area contributed by atoms with Crippen molar-refractivity contribution in [1.82, 2.24) is 14.8 Å². The third kappa shape index (κ3) is 4.27. The number of halogens is 1. The van der Waals surface area contributed by atoms with Crippen LogP contribution >= 0.6 is 11.8 Å². The first-order valence-electron chi connectivity index (χ1n) is 9.83. The monoisotopic (exact) mass is 451 g/mol. The number of benzene rings is 3. The lowest BCUT2D eigenvalue weighted by Gasteiger charge is -2.15. The van der Waals surface area contributed by atoms with Gasteiger partial charge in [-0.25, -0.2) is 4.39 Å². The van der Waals surface area contributed by atoms with Gasteiger partial charge >= 0.3 is 0 Å². The molecule has 0 saturated carbocycles. The smallest absolute Gasteiger partial charge is 0.203 e. The zero-order valence-electron chi connectivity index (χ0n) is 17.9. The number of ether oxygens (including phenoxy) is 3. The summed E-state index contributed by atoms with van der Waals surface area (Å²) in [6.45, 7) is 0. The minimum Gasteiger partial charge on any atom is -0.493 e. The largest absolute Gasteiger partial charge is 0.493 e. The summed E-state index contributed by atoms with van der Waals surface area (Å²) < 4.78 is 32.9. The van der Waals surface area contributed by atoms with E-state index in [0.717, 1.165) is 5.56 Å². The highest BCUT2D eigenvalue weighted by atomic mass is 32.2. The highest BCUT2D eigenvalue weighted by molar-refractivity contribution is 7.98. The first-order chi connectivity index (χ1) is 15.7. The average molecular weight is 452 g/mol. The highest BCUT2D eigenvalue weighted by Crippen LogP contribution is 2.42. The average Bonchev–Trinajstić information content (AvgIpc) is 3.26. The summed E-state index contributed by atoms with van der Waals surface area (Å²) in [7, 11) is 4.63. The van der Waals surface area contributed by atoms with Gasteiger partial charge in [0.25, 0.3) is 0 Å². The summed E-state index contributed by atoms with van der Waals surface area (Å²) >= 11 is 1.48. The highest BCUT2D eigenvalue weighted by Gasteiger charge is 2.22. The zero-order chi connectivity index (χ0) is 22.5. The van der Waals surface area contributed by atoms with Gasteiger partial charge < -0.3 is 14.2 Å². The van der Waals surface area contributed by atoms with Crippen molar-refractivity contribution in [2.75, 3.05) is 21.3 Å². The maximum Gasteiger partial charge on any atom is 0.203 e. The van der Waals surface area contributed by atoms with Crippen molar-refractivity contribution in [2.24, 2.45) is 0 Å². The third-order valence-corrected chi connectivity index (χ3v) is 5.86. The van der Waals surface area contributed by atoms with Crippen LogP contribution in [0.5, 0.6) is 17.2 Å². The first-order valence-corrected chi connectivity index (χ1v) is 10.8. The molecule has 4 rings (SSSR count). The molecular weight excluding hydrogens is 429 g/mol. The molecule has 32 heavy (non-hydrogen) atoms. The molecule has 0 aliphatic carbocycles. The van der Waals surface area contributed by atoms with E-state index in [4.69, 9.17) is 14.2 Å². The summed E-state index contributed by atoms with van der Waals surface area (Å²) in [5.74, 6) is 2.18. The Morgan fingerprint density at radius 2 is 1.50 bits per heavy atom. The number of aromatic nitrogens is 3. The van der Waals surface area contributed by atoms with Gasteiger partial charge in [0.05, 0.1) is 27.0 Å². The van der Waals surface area contributed by atoms with Crippen LogP contribution in [0.1, 0.15) is 5.56 Å². The number of para-hydroxylation sites is 1. The summed E-state index contributed by atoms with van der Waals surface area (Å²) in [5.41, 5.74) is 2.15. The minimum absolute atomic E-state index is 0.358. The third-order valence-electron chi connectivity index (χ3n) is 4.86. The van der Waals surface area contributed by atoms with Crippen molar-refractivity contribution in [2.45, 2.75) is 10.9 Å². The molecule has 0 bridgehead atoms. The zero-order valence-corrected chi connectivity index (χ0v) is 18.7. The number of thioether (sulfide) groups is 1. The molecule has 0 aliphatic heterocycles. The topological polar surface area (TPSA) is 58.4 Å². The maximum absolute atomic E-state index is 14.8. The van der Waals surface area contributed by atoms with Crippen LogP contribution in [0.25, 0.3) is 17.1 Å². The van der Waals surface area contributed by atoms with E-state index in [1.165, 1.54) is 17.8 Å². The minimum atomic E-state index is -0.373. The van der Waals surface area contributed by atoms with E-state index in [0.29, 0.717) is 45.2 Å². The fourth-order valence-corrected chi connectivity index (χ4v) is 4.23. The Bertz CT molecular complexity index is 1190. The predicted molar refractivity (Wildman–Crippen MR) is 122 cm³/mol. The molecule has 0 aliphatic rings. The SMILES string of the molecule is COc1cc(-c2nnc(SCc3ccccc3)n2-c2ccccc2F)cc(OC)c1OC. The van der Waals surface area contributed by atoms with Gasteiger partial charge in [0.2, 0.25) is 5.75 Å². The molecule has 164 valence electrons. The fourth-order valence-electron chi connectivity index (χ4n) is 3.33. The van der Waals surface area contributed by atoms with Gasteiger partial charge in [-0.2, -0.15) is 0 Å². The molecule has 0 unspecified atom stereocenters. The Hall–Kier alpha value is -3.52. The lowest BCUT2D eigenvalue weighted by Crippen LogP contribution is -2.03. The molecule has 0 N–H and O–H groups in total. The molecule has 1 aromatic heterocycles. The van der Waals surface area contributed by atoms with Crippen LogP contribution in [-0.4, -0.2) is 36.1 Å². The van der Waals surface area contributed by atoms with E-state index in [1.54, 1.807) is 56.2 Å². The molecule has 0 saturated heterocycles. The Morgan fingerprint density at radius 1 is 0.844 bits per heavy atom. The van der Waals surface area contributed by atoms with Crippen LogP contribution in [0.2, 0.25) is 0 Å². The van der Waals surface area contributed by atoms with Gasteiger partial charge in [0, 0.05) is 11.3 Å². The van der Waals surface area contributed by atoms with E-state index in [9.17, 15) is 4.39 Å². The second kappa shape index (κ2) is 9.74. The summed E-state index contributed by atoms with van der Waals surface area (Å²) in [6.07, 6.45) is 0. The molecule has 0 amide bonds. The molecule has 3 aromatic carbocycles. The number of methoxy groups -OCH3 is 3. The normalized spacial score (nSPS) is 10.8. The number of hydrogen-bond donors (Lipinski definition) is 0. The summed E-state index contributed by atoms with van der Waals surface area (Å²) in [5, 5.41) is 9.34. The Labute approximate surface area is 190 Å². The quantitative estimate of drug-likeness (QED) is 0.335. The fraction of sp³-hybridized carbons (Fsp3) is 0.167. The van der Waals surface area contributed by atoms with Crippen molar-refractivity contribution in [1.29, 1.82) is 0 Å². The molecule has 0 spiro atoms. The Balaban J connectivity index is 1.84. The van der Waals surface area contributed by atoms with Crippen LogP contribution in [0.4, 0.5) is 4.39 Å². The lowest BCUT2D eigenvalue weighted by molar-refractivity contribution is 0.324. The van der Waals surface area contributed by atoms with E-state index >= 15 is 0 Å². The van der Waals surface area contributed by atoms with Crippen molar-refractivity contribution in [3.05, 3.63) is 78.1 Å². The first kappa shape index (κ1) is 21.7. The molecule has 4 aromatic rings. The molecule has 1 heterocycles. The second-order valence-electron chi connectivity index (χ2n) is 6.78. The summed E-state index contributed by atoms with van der Waals surface area (Å²) in [4.78, 5) is 0. The van der Waals surface area contributed by atoms with Gasteiger partial charge in [-0.3, -0.25) is 4.57 Å². The maximum atomic E-state index is 14.8. The Kier molecular flexibility index (Phi) is 6.61. The van der Waals surface area contributed by atoms with Crippen molar-refractivity contribution in [3.63, 3.8) is 0 Å². The van der Waals surface area contributed by atoms with E-state index < -0.39 is 0 Å². The van der Waals surface area contributed by atoms with Gasteiger partial charge in [0.1, 0.15) is 5.82 Å². The van der Waals surface area contributed by atoms with E-state index in [2.05, 4.69) is 10.2 Å². The molecule has 8 heteroatoms. The van der Waals surface area contributed by atoms with Crippen LogP contribution in [-0.2, 0) is 5.75 Å². The molecule has 0 fully saturated rings. The standard InChI is InChI=1S/C24H22FN3O3S/c1-29-20-13-17(14-21(30-2)22(20)31-3)23-26-27-24(32-15-16-9-5-4-6-10-16)28(23)19-12-8-7-11-18(19)25/h4-14H,15H2,1-3H3. The van der Waals surface area contributed by atoms with Gasteiger partial charge in [-0.15, -0.1) is 10.2 Å². The van der Waals surface area contributed by atoms with E-state index in [-0.39, 0.29) is 5.82 Å². The Morgan fingerprint density at radius 3 is 2.12 bits per heavy atom. The van der Waals surface area contributed by atoms with E-state index in [1.807, 2.05) is 30.3 Å². The van der Waals surface area contributed by atoms with Gasteiger partial charge in [-0.1, -0.05) is 54.2 Å². The van der Waals surface area contributed by atoms with Crippen molar-refractivity contribution in [3.8, 4) is 34.3 Å². The molecule has 6 nitrogen and oxygen atoms in total. The number of hydrogen-bond acceptors (Lipinski definition) is 6. The van der Waals surface area contributed by atoms with Crippen molar-refractivity contribution < 1.29 is 18.6 Å². The van der Waals surface area contributed by atoms with Gasteiger partial charge in [0.15, 0.2) is 22.5 Å². The second-order valence-corrected chi connectivity index (χ2v) is 7.72. The van der Waals surface area contributed by atoms with Crippen LogP contribution in [0, 0.1) is 5.82 Å². The molecule has 0 radical (unpaired) electrons.